The van der Waals surface area contributed by atoms with Crippen LogP contribution in [0.25, 0.3) is 0 Å². The highest BCUT2D eigenvalue weighted by atomic mass is 35.5. The molecule has 2 unspecified atom stereocenters. The summed E-state index contributed by atoms with van der Waals surface area (Å²) in [7, 11) is 0. The summed E-state index contributed by atoms with van der Waals surface area (Å²) in [4.78, 5) is 12.4. The van der Waals surface area contributed by atoms with Crippen LogP contribution in [0.3, 0.4) is 0 Å². The van der Waals surface area contributed by atoms with Gasteiger partial charge in [-0.15, -0.1) is 12.4 Å². The molecule has 1 fully saturated rings. The van der Waals surface area contributed by atoms with E-state index < -0.39 is 5.41 Å². The average molecular weight is 333 g/mol. The van der Waals surface area contributed by atoms with Crippen LogP contribution in [0.5, 0.6) is 0 Å². The van der Waals surface area contributed by atoms with Gasteiger partial charge in [0.15, 0.2) is 0 Å². The summed E-state index contributed by atoms with van der Waals surface area (Å²) < 4.78 is 0. The Bertz CT molecular complexity index is 494. The summed E-state index contributed by atoms with van der Waals surface area (Å²) in [6.07, 6.45) is -0.385. The van der Waals surface area contributed by atoms with Crippen LogP contribution < -0.4 is 10.6 Å². The fourth-order valence-corrected chi connectivity index (χ4v) is 2.57. The van der Waals surface area contributed by atoms with Gasteiger partial charge in [-0.1, -0.05) is 23.7 Å². The number of halogens is 2. The van der Waals surface area contributed by atoms with Crippen molar-refractivity contribution in [1.29, 1.82) is 0 Å². The molecule has 0 aromatic heterocycles. The molecule has 1 amide bonds. The molecule has 0 aliphatic carbocycles. The van der Waals surface area contributed by atoms with E-state index in [0.29, 0.717) is 18.1 Å². The van der Waals surface area contributed by atoms with Crippen molar-refractivity contribution in [3.05, 3.63) is 34.9 Å². The van der Waals surface area contributed by atoms with E-state index in [4.69, 9.17) is 11.6 Å². The van der Waals surface area contributed by atoms with Crippen LogP contribution in [0, 0.1) is 5.92 Å². The number of carbonyl (C=O) groups excluding carboxylic acids is 1. The first-order valence-corrected chi connectivity index (χ1v) is 7.22. The lowest BCUT2D eigenvalue weighted by Gasteiger charge is -2.25. The molecule has 1 aliphatic heterocycles. The maximum absolute atomic E-state index is 12.4. The molecule has 1 aliphatic rings. The first kappa shape index (κ1) is 18.2. The van der Waals surface area contributed by atoms with E-state index in [-0.39, 0.29) is 30.3 Å². The van der Waals surface area contributed by atoms with Gasteiger partial charge in [-0.2, -0.15) is 0 Å². The number of amides is 1. The van der Waals surface area contributed by atoms with E-state index in [1.807, 2.05) is 32.0 Å². The van der Waals surface area contributed by atoms with Gasteiger partial charge in [0.2, 0.25) is 5.91 Å². The second-order valence-electron chi connectivity index (χ2n) is 5.83. The Hall–Kier alpha value is -0.810. The SMILES string of the molecule is CC(C)(C(=O)NCC1CNCC1O)c1cccc(Cl)c1.Cl. The first-order valence-electron chi connectivity index (χ1n) is 6.84. The number of aliphatic hydroxyl groups excluding tert-OH is 1. The van der Waals surface area contributed by atoms with Gasteiger partial charge in [0.1, 0.15) is 0 Å². The van der Waals surface area contributed by atoms with Crippen LogP contribution in [-0.4, -0.2) is 36.8 Å². The maximum Gasteiger partial charge on any atom is 0.230 e. The molecule has 0 saturated carbocycles. The quantitative estimate of drug-likeness (QED) is 0.787. The molecule has 4 nitrogen and oxygen atoms in total. The number of rotatable bonds is 4. The molecule has 118 valence electrons. The zero-order valence-electron chi connectivity index (χ0n) is 12.2. The zero-order valence-corrected chi connectivity index (χ0v) is 13.8. The van der Waals surface area contributed by atoms with Gasteiger partial charge >= 0.3 is 0 Å². The summed E-state index contributed by atoms with van der Waals surface area (Å²) in [6, 6.07) is 7.35. The largest absolute Gasteiger partial charge is 0.391 e. The minimum absolute atomic E-state index is 0. The molecular formula is C15H22Cl2N2O2. The van der Waals surface area contributed by atoms with Gasteiger partial charge in [0.05, 0.1) is 11.5 Å². The van der Waals surface area contributed by atoms with Crippen molar-refractivity contribution in [2.24, 2.45) is 5.92 Å². The molecule has 3 N–H and O–H groups in total. The first-order chi connectivity index (χ1) is 9.41. The van der Waals surface area contributed by atoms with Gasteiger partial charge in [0.25, 0.3) is 0 Å². The Morgan fingerprint density at radius 2 is 2.19 bits per heavy atom. The minimum Gasteiger partial charge on any atom is -0.391 e. The van der Waals surface area contributed by atoms with Crippen molar-refractivity contribution in [2.45, 2.75) is 25.4 Å². The van der Waals surface area contributed by atoms with E-state index in [1.54, 1.807) is 6.07 Å². The molecular weight excluding hydrogens is 311 g/mol. The molecule has 1 aromatic rings. The second kappa shape index (κ2) is 7.45. The highest BCUT2D eigenvalue weighted by molar-refractivity contribution is 6.30. The van der Waals surface area contributed by atoms with Crippen LogP contribution >= 0.6 is 24.0 Å². The standard InChI is InChI=1S/C15H21ClN2O2.ClH/c1-15(2,11-4-3-5-12(16)6-11)14(20)18-8-10-7-17-9-13(10)19;/h3-6,10,13,17,19H,7-9H2,1-2H3,(H,18,20);1H. The molecule has 6 heteroatoms. The number of β-amino-alcohol motifs (C(OH)–C–C–N with tert-alkyl or cyclic N) is 1. The van der Waals surface area contributed by atoms with Crippen LogP contribution in [0.15, 0.2) is 24.3 Å². The second-order valence-corrected chi connectivity index (χ2v) is 6.27. The molecule has 1 saturated heterocycles. The minimum atomic E-state index is -0.651. The normalized spacial score (nSPS) is 21.7. The van der Waals surface area contributed by atoms with Gasteiger partial charge in [-0.25, -0.2) is 0 Å². The average Bonchev–Trinajstić information content (AvgIpc) is 2.81. The molecule has 1 heterocycles. The summed E-state index contributed by atoms with van der Waals surface area (Å²) >= 11 is 5.98. The number of hydrogen-bond donors (Lipinski definition) is 3. The predicted molar refractivity (Wildman–Crippen MR) is 87.1 cm³/mol. The topological polar surface area (TPSA) is 61.4 Å². The summed E-state index contributed by atoms with van der Waals surface area (Å²) in [5.41, 5.74) is 0.231. The van der Waals surface area contributed by atoms with E-state index in [1.165, 1.54) is 0 Å². The predicted octanol–water partition coefficient (Wildman–Crippen LogP) is 1.74. The molecule has 0 spiro atoms. The van der Waals surface area contributed by atoms with E-state index in [0.717, 1.165) is 12.1 Å². The molecule has 2 rings (SSSR count). The van der Waals surface area contributed by atoms with Crippen molar-refractivity contribution in [3.8, 4) is 0 Å². The Labute approximate surface area is 136 Å². The fourth-order valence-electron chi connectivity index (χ4n) is 2.38. The van der Waals surface area contributed by atoms with Crippen molar-refractivity contribution in [1.82, 2.24) is 10.6 Å². The van der Waals surface area contributed by atoms with Crippen molar-refractivity contribution in [2.75, 3.05) is 19.6 Å². The van der Waals surface area contributed by atoms with Gasteiger partial charge in [0, 0.05) is 30.6 Å². The van der Waals surface area contributed by atoms with Crippen LogP contribution in [0.1, 0.15) is 19.4 Å². The van der Waals surface area contributed by atoms with Crippen LogP contribution in [-0.2, 0) is 10.2 Å². The fraction of sp³-hybridized carbons (Fsp3) is 0.533. The van der Waals surface area contributed by atoms with Gasteiger partial charge in [-0.05, 0) is 31.5 Å². The van der Waals surface area contributed by atoms with E-state index in [2.05, 4.69) is 10.6 Å². The monoisotopic (exact) mass is 332 g/mol. The van der Waals surface area contributed by atoms with Crippen LogP contribution in [0.4, 0.5) is 0 Å². The third-order valence-electron chi connectivity index (χ3n) is 3.94. The van der Waals surface area contributed by atoms with Crippen molar-refractivity contribution < 1.29 is 9.90 Å². The summed E-state index contributed by atoms with van der Waals surface area (Å²) in [5.74, 6) is 0.0213. The summed E-state index contributed by atoms with van der Waals surface area (Å²) in [5, 5.41) is 16.4. The Morgan fingerprint density at radius 3 is 2.76 bits per heavy atom. The third kappa shape index (κ3) is 4.33. The number of nitrogens with one attached hydrogen (secondary N) is 2. The maximum atomic E-state index is 12.4. The van der Waals surface area contributed by atoms with Crippen molar-refractivity contribution in [3.63, 3.8) is 0 Å². The zero-order chi connectivity index (χ0) is 14.8. The highest BCUT2D eigenvalue weighted by Gasteiger charge is 2.32. The highest BCUT2D eigenvalue weighted by Crippen LogP contribution is 2.26. The lowest BCUT2D eigenvalue weighted by molar-refractivity contribution is -0.125. The van der Waals surface area contributed by atoms with E-state index in [9.17, 15) is 9.90 Å². The summed E-state index contributed by atoms with van der Waals surface area (Å²) in [6.45, 7) is 5.56. The lowest BCUT2D eigenvalue weighted by Crippen LogP contribution is -2.43. The van der Waals surface area contributed by atoms with Crippen molar-refractivity contribution >= 4 is 29.9 Å². The molecule has 0 bridgehead atoms. The van der Waals surface area contributed by atoms with Gasteiger partial charge in [-0.3, -0.25) is 4.79 Å². The number of carbonyl (C=O) groups is 1. The smallest absolute Gasteiger partial charge is 0.230 e. The Kier molecular flexibility index (Phi) is 6.47. The number of aliphatic hydroxyl groups is 1. The molecule has 0 radical (unpaired) electrons. The Morgan fingerprint density at radius 1 is 1.48 bits per heavy atom. The van der Waals surface area contributed by atoms with E-state index >= 15 is 0 Å². The molecule has 1 aromatic carbocycles. The molecule has 21 heavy (non-hydrogen) atoms. The number of benzene rings is 1. The third-order valence-corrected chi connectivity index (χ3v) is 4.18. The Balaban J connectivity index is 0.00000220. The van der Waals surface area contributed by atoms with Gasteiger partial charge < -0.3 is 15.7 Å². The number of hydrogen-bond acceptors (Lipinski definition) is 3. The molecule has 2 atom stereocenters. The van der Waals surface area contributed by atoms with Crippen LogP contribution in [0.2, 0.25) is 5.02 Å². The lowest BCUT2D eigenvalue weighted by atomic mass is 9.83.